The number of hydrogen-bond acceptors (Lipinski definition) is 6. The topological polar surface area (TPSA) is 108 Å². The van der Waals surface area contributed by atoms with Crippen molar-refractivity contribution in [3.05, 3.63) is 52.6 Å². The van der Waals surface area contributed by atoms with E-state index in [-0.39, 0.29) is 11.5 Å². The molecule has 0 aliphatic rings. The maximum absolute atomic E-state index is 12.8. The van der Waals surface area contributed by atoms with Crippen LogP contribution in [0.3, 0.4) is 0 Å². The number of benzene rings is 1. The Kier molecular flexibility index (Phi) is 4.87. The first-order valence-electron chi connectivity index (χ1n) is 7.40. The molecule has 0 N–H and O–H groups in total. The summed E-state index contributed by atoms with van der Waals surface area (Å²) in [6.07, 6.45) is 1.90. The lowest BCUT2D eigenvalue weighted by molar-refractivity contribution is -0.384. The molecular formula is C16H18N4O5. The summed E-state index contributed by atoms with van der Waals surface area (Å²) in [4.78, 5) is 40.6. The Morgan fingerprint density at radius 3 is 2.44 bits per heavy atom. The first-order chi connectivity index (χ1) is 11.6. The van der Waals surface area contributed by atoms with Gasteiger partial charge in [-0.15, -0.1) is 0 Å². The van der Waals surface area contributed by atoms with Crippen molar-refractivity contribution in [3.63, 3.8) is 0 Å². The first-order valence-corrected chi connectivity index (χ1v) is 7.40. The molecule has 0 aliphatic carbocycles. The average molecular weight is 346 g/mol. The fourth-order valence-corrected chi connectivity index (χ4v) is 2.08. The van der Waals surface area contributed by atoms with E-state index in [9.17, 15) is 19.7 Å². The van der Waals surface area contributed by atoms with Gasteiger partial charge < -0.3 is 9.30 Å². The molecule has 2 rings (SSSR count). The Hall–Kier alpha value is -3.23. The summed E-state index contributed by atoms with van der Waals surface area (Å²) in [5.41, 5.74) is -1.47. The molecule has 9 heteroatoms. The molecule has 0 aliphatic heterocycles. The molecular weight excluding hydrogens is 328 g/mol. The summed E-state index contributed by atoms with van der Waals surface area (Å²) in [6, 6.07) is 5.45. The van der Waals surface area contributed by atoms with E-state index in [4.69, 9.17) is 4.74 Å². The van der Waals surface area contributed by atoms with Crippen molar-refractivity contribution in [1.29, 1.82) is 0 Å². The predicted octanol–water partition coefficient (Wildman–Crippen LogP) is 2.91. The molecule has 0 unspecified atom stereocenters. The Labute approximate surface area is 144 Å². The number of aromatic nitrogens is 2. The molecule has 132 valence electrons. The second-order valence-electron chi connectivity index (χ2n) is 6.23. The van der Waals surface area contributed by atoms with E-state index in [2.05, 4.69) is 4.98 Å². The molecule has 0 atom stereocenters. The van der Waals surface area contributed by atoms with Gasteiger partial charge in [0.2, 0.25) is 0 Å². The number of nitro groups is 1. The van der Waals surface area contributed by atoms with Gasteiger partial charge in [0.05, 0.1) is 4.92 Å². The highest BCUT2D eigenvalue weighted by molar-refractivity contribution is 6.19. The van der Waals surface area contributed by atoms with E-state index in [0.717, 1.165) is 0 Å². The summed E-state index contributed by atoms with van der Waals surface area (Å²) in [6.45, 7) is 4.90. The van der Waals surface area contributed by atoms with E-state index < -0.39 is 28.2 Å². The molecule has 0 radical (unpaired) electrons. The molecule has 25 heavy (non-hydrogen) atoms. The molecule has 0 bridgehead atoms. The van der Waals surface area contributed by atoms with Crippen molar-refractivity contribution < 1.29 is 19.2 Å². The van der Waals surface area contributed by atoms with E-state index in [1.807, 2.05) is 0 Å². The van der Waals surface area contributed by atoms with Gasteiger partial charge in [-0.1, -0.05) is 12.1 Å². The van der Waals surface area contributed by atoms with Crippen molar-refractivity contribution in [3.8, 4) is 0 Å². The van der Waals surface area contributed by atoms with Crippen LogP contribution < -0.4 is 4.90 Å². The van der Waals surface area contributed by atoms with Crippen LogP contribution in [0.5, 0.6) is 0 Å². The fraction of sp³-hybridized carbons (Fsp3) is 0.312. The number of imide groups is 1. The number of hydrogen-bond donors (Lipinski definition) is 0. The van der Waals surface area contributed by atoms with Gasteiger partial charge in [0.1, 0.15) is 11.3 Å². The third-order valence-corrected chi connectivity index (χ3v) is 3.11. The number of nitro benzene ring substituents is 1. The van der Waals surface area contributed by atoms with Crippen LogP contribution in [0.25, 0.3) is 0 Å². The zero-order valence-corrected chi connectivity index (χ0v) is 14.3. The number of carbonyl (C=O) groups excluding carboxylic acids is 2. The van der Waals surface area contributed by atoms with Crippen molar-refractivity contribution in [1.82, 2.24) is 9.55 Å². The highest BCUT2D eigenvalue weighted by Gasteiger charge is 2.35. The molecule has 0 saturated carbocycles. The second kappa shape index (κ2) is 6.71. The van der Waals surface area contributed by atoms with E-state index >= 15 is 0 Å². The van der Waals surface area contributed by atoms with Gasteiger partial charge in [-0.25, -0.2) is 14.7 Å². The van der Waals surface area contributed by atoms with Crippen molar-refractivity contribution in [2.45, 2.75) is 26.4 Å². The Morgan fingerprint density at radius 1 is 1.28 bits per heavy atom. The molecule has 2 amide bonds. The molecule has 1 aromatic heterocycles. The van der Waals surface area contributed by atoms with Gasteiger partial charge in [0.25, 0.3) is 5.69 Å². The maximum Gasteiger partial charge on any atom is 0.422 e. The quantitative estimate of drug-likeness (QED) is 0.624. The fourth-order valence-electron chi connectivity index (χ4n) is 2.08. The van der Waals surface area contributed by atoms with Gasteiger partial charge in [-0.3, -0.25) is 14.9 Å². The van der Waals surface area contributed by atoms with Crippen molar-refractivity contribution >= 4 is 23.4 Å². The number of ether oxygens (including phenoxy) is 1. The summed E-state index contributed by atoms with van der Waals surface area (Å²) in [5, 5.41) is 11.3. The molecule has 2 aromatic rings. The number of nitrogens with zero attached hydrogens (tertiary/aromatic N) is 4. The van der Waals surface area contributed by atoms with Gasteiger partial charge in [0.15, 0.2) is 5.82 Å². The van der Waals surface area contributed by atoms with E-state index in [1.165, 1.54) is 41.2 Å². The van der Waals surface area contributed by atoms with Gasteiger partial charge in [0, 0.05) is 25.5 Å². The number of imidazole rings is 1. The van der Waals surface area contributed by atoms with Crippen molar-refractivity contribution in [2.75, 3.05) is 4.90 Å². The van der Waals surface area contributed by atoms with Crippen LogP contribution in [0.2, 0.25) is 0 Å². The Balaban J connectivity index is 2.58. The minimum absolute atomic E-state index is 0.0518. The third kappa shape index (κ3) is 4.00. The minimum atomic E-state index is -1.02. The highest BCUT2D eigenvalue weighted by Crippen LogP contribution is 2.30. The minimum Gasteiger partial charge on any atom is -0.443 e. The average Bonchev–Trinajstić information content (AvgIpc) is 2.92. The third-order valence-electron chi connectivity index (χ3n) is 3.11. The van der Waals surface area contributed by atoms with Gasteiger partial charge in [-0.05, 0) is 26.8 Å². The summed E-state index contributed by atoms with van der Waals surface area (Å²) >= 11 is 0. The molecule has 1 heterocycles. The van der Waals surface area contributed by atoms with Crippen molar-refractivity contribution in [2.24, 2.45) is 7.05 Å². The van der Waals surface area contributed by atoms with Crippen LogP contribution in [0.15, 0.2) is 36.7 Å². The van der Waals surface area contributed by atoms with Crippen LogP contribution in [0, 0.1) is 10.1 Å². The van der Waals surface area contributed by atoms with Gasteiger partial charge >= 0.3 is 12.0 Å². The lowest BCUT2D eigenvalue weighted by Gasteiger charge is -2.25. The maximum atomic E-state index is 12.8. The number of amides is 2. The number of rotatable bonds is 3. The van der Waals surface area contributed by atoms with E-state index in [1.54, 1.807) is 27.8 Å². The summed E-state index contributed by atoms with van der Waals surface area (Å²) < 4.78 is 6.67. The smallest absolute Gasteiger partial charge is 0.422 e. The summed E-state index contributed by atoms with van der Waals surface area (Å²) in [5.74, 6) is -0.875. The summed E-state index contributed by atoms with van der Waals surface area (Å²) in [7, 11) is 1.58. The van der Waals surface area contributed by atoms with Crippen LogP contribution in [0.1, 0.15) is 31.4 Å². The van der Waals surface area contributed by atoms with Crippen LogP contribution in [0.4, 0.5) is 16.2 Å². The lowest BCUT2D eigenvalue weighted by Crippen LogP contribution is -2.42. The van der Waals surface area contributed by atoms with Crippen LogP contribution in [-0.4, -0.2) is 32.1 Å². The highest BCUT2D eigenvalue weighted by atomic mass is 16.6. The normalized spacial score (nSPS) is 11.0. The lowest BCUT2D eigenvalue weighted by atomic mass is 10.2. The number of carbonyl (C=O) groups is 2. The zero-order valence-electron chi connectivity index (χ0n) is 14.3. The molecule has 0 fully saturated rings. The second-order valence-corrected chi connectivity index (χ2v) is 6.23. The monoisotopic (exact) mass is 346 g/mol. The number of anilines is 1. The van der Waals surface area contributed by atoms with Crippen LogP contribution >= 0.6 is 0 Å². The zero-order chi connectivity index (χ0) is 18.8. The number of para-hydroxylation sites is 2. The van der Waals surface area contributed by atoms with E-state index in [0.29, 0.717) is 4.90 Å². The molecule has 0 spiro atoms. The SMILES string of the molecule is Cn1ccnc1C(=O)N(C(=O)OC(C)(C)C)c1ccccc1[N+](=O)[O-]. The predicted molar refractivity (Wildman–Crippen MR) is 89.3 cm³/mol. The Morgan fingerprint density at radius 2 is 1.92 bits per heavy atom. The standard InChI is InChI=1S/C16H18N4O5/c1-16(2,3)25-15(22)19(14(21)13-17-9-10-18(13)4)11-7-5-6-8-12(11)20(23)24/h5-10H,1-4H3. The number of aryl methyl sites for hydroxylation is 1. The largest absolute Gasteiger partial charge is 0.443 e. The van der Waals surface area contributed by atoms with Crippen LogP contribution in [-0.2, 0) is 11.8 Å². The molecule has 9 nitrogen and oxygen atoms in total. The molecule has 0 saturated heterocycles. The Bertz CT molecular complexity index is 822. The molecule has 1 aromatic carbocycles. The van der Waals surface area contributed by atoms with Gasteiger partial charge in [-0.2, -0.15) is 0 Å². The first kappa shape index (κ1) is 18.1.